The number of carbonyl (C=O) groups excluding carboxylic acids is 1. The Morgan fingerprint density at radius 1 is 1.10 bits per heavy atom. The molecule has 2 aromatic carbocycles. The molecule has 0 radical (unpaired) electrons. The molecule has 29 heavy (non-hydrogen) atoms. The van der Waals surface area contributed by atoms with Crippen LogP contribution in [-0.2, 0) is 29.0 Å². The summed E-state index contributed by atoms with van der Waals surface area (Å²) in [6.45, 7) is 2.56. The van der Waals surface area contributed by atoms with E-state index in [0.717, 1.165) is 11.1 Å². The Bertz CT molecular complexity index is 954. The van der Waals surface area contributed by atoms with Crippen LogP contribution in [0.5, 0.6) is 0 Å². The van der Waals surface area contributed by atoms with Gasteiger partial charge in [-0.3, -0.25) is 0 Å². The van der Waals surface area contributed by atoms with Gasteiger partial charge in [0.15, 0.2) is 0 Å². The van der Waals surface area contributed by atoms with Crippen LogP contribution in [0, 0.1) is 6.92 Å². The zero-order chi connectivity index (χ0) is 20.7. The first kappa shape index (κ1) is 20.9. The number of rotatable bonds is 8. The third kappa shape index (κ3) is 5.82. The van der Waals surface area contributed by atoms with Crippen LogP contribution in [0.4, 0.5) is 0 Å². The maximum absolute atomic E-state index is 12.8. The Labute approximate surface area is 170 Å². The second kappa shape index (κ2) is 9.58. The second-order valence-electron chi connectivity index (χ2n) is 6.52. The fourth-order valence-corrected chi connectivity index (χ4v) is 4.03. The monoisotopic (exact) mass is 417 g/mol. The minimum atomic E-state index is -3.74. The van der Waals surface area contributed by atoms with Gasteiger partial charge in [-0.15, -0.1) is 0 Å². The van der Waals surface area contributed by atoms with E-state index in [1.807, 2.05) is 37.3 Å². The quantitative estimate of drug-likeness (QED) is 0.664. The Morgan fingerprint density at radius 2 is 1.83 bits per heavy atom. The van der Waals surface area contributed by atoms with Crippen LogP contribution in [0.1, 0.15) is 23.6 Å². The zero-order valence-electron chi connectivity index (χ0n) is 16.0. The summed E-state index contributed by atoms with van der Waals surface area (Å²) in [4.78, 5) is 12.2. The van der Waals surface area contributed by atoms with Gasteiger partial charge < -0.3 is 14.2 Å². The lowest BCUT2D eigenvalue weighted by Crippen LogP contribution is -2.30. The fraction of sp³-hybridized carbons (Fsp3) is 0.286. The highest BCUT2D eigenvalue weighted by Crippen LogP contribution is 2.21. The molecule has 8 heteroatoms. The third-order valence-corrected chi connectivity index (χ3v) is 5.81. The number of hydrogen-bond donors (Lipinski definition) is 1. The highest BCUT2D eigenvalue weighted by molar-refractivity contribution is 7.89. The Balaban J connectivity index is 1.69. The first-order valence-electron chi connectivity index (χ1n) is 9.21. The minimum absolute atomic E-state index is 0.00717. The maximum atomic E-state index is 12.8. The van der Waals surface area contributed by atoms with Gasteiger partial charge in [-0.25, -0.2) is 17.9 Å². The lowest BCUT2D eigenvalue weighted by molar-refractivity contribution is -0.144. The molecular weight excluding hydrogens is 394 g/mol. The average Bonchev–Trinajstić information content (AvgIpc) is 2.74. The van der Waals surface area contributed by atoms with Crippen molar-refractivity contribution in [3.8, 4) is 0 Å². The summed E-state index contributed by atoms with van der Waals surface area (Å²) in [5.41, 5.74) is 1.74. The van der Waals surface area contributed by atoms with Crippen LogP contribution in [-0.4, -0.2) is 34.2 Å². The van der Waals surface area contributed by atoms with Crippen molar-refractivity contribution in [2.24, 2.45) is 0 Å². The minimum Gasteiger partial charge on any atom is -0.493 e. The average molecular weight is 417 g/mol. The van der Waals surface area contributed by atoms with E-state index < -0.39 is 22.0 Å². The van der Waals surface area contributed by atoms with Gasteiger partial charge in [-0.2, -0.15) is 0 Å². The van der Waals surface area contributed by atoms with Crippen LogP contribution < -0.4 is 4.72 Å². The topological polar surface area (TPSA) is 90.9 Å². The normalized spacial score (nSPS) is 14.9. The van der Waals surface area contributed by atoms with Gasteiger partial charge in [0.2, 0.25) is 15.8 Å². The molecule has 0 saturated heterocycles. The molecule has 154 valence electrons. The third-order valence-electron chi connectivity index (χ3n) is 4.32. The van der Waals surface area contributed by atoms with Gasteiger partial charge in [0.1, 0.15) is 19.5 Å². The van der Waals surface area contributed by atoms with Gasteiger partial charge in [0.05, 0.1) is 17.5 Å². The summed E-state index contributed by atoms with van der Waals surface area (Å²) in [6, 6.07) is 15.2. The number of benzene rings is 2. The van der Waals surface area contributed by atoms with E-state index in [9.17, 15) is 13.2 Å². The molecule has 1 aliphatic heterocycles. The molecule has 0 fully saturated rings. The van der Waals surface area contributed by atoms with Gasteiger partial charge >= 0.3 is 5.97 Å². The smallest absolute Gasteiger partial charge is 0.376 e. The highest BCUT2D eigenvalue weighted by Gasteiger charge is 2.23. The van der Waals surface area contributed by atoms with E-state index in [1.165, 1.54) is 6.26 Å². The molecule has 7 nitrogen and oxygen atoms in total. The van der Waals surface area contributed by atoms with Crippen molar-refractivity contribution in [2.45, 2.75) is 24.3 Å². The van der Waals surface area contributed by atoms with E-state index in [1.54, 1.807) is 24.3 Å². The van der Waals surface area contributed by atoms with E-state index >= 15 is 0 Å². The van der Waals surface area contributed by atoms with Crippen molar-refractivity contribution < 1.29 is 27.4 Å². The molecule has 0 unspecified atom stereocenters. The number of esters is 1. The molecule has 2 aromatic rings. The maximum Gasteiger partial charge on any atom is 0.376 e. The van der Waals surface area contributed by atoms with Crippen molar-refractivity contribution in [1.82, 2.24) is 4.72 Å². The molecule has 1 atom stereocenters. The summed E-state index contributed by atoms with van der Waals surface area (Å²) in [6.07, 6.45) is 1.48. The van der Waals surface area contributed by atoms with E-state index in [4.69, 9.17) is 14.2 Å². The lowest BCUT2D eigenvalue weighted by Gasteiger charge is -2.20. The van der Waals surface area contributed by atoms with Gasteiger partial charge in [0.25, 0.3) is 0 Å². The SMILES string of the molecule is Cc1ccc(S(=O)(=O)N[C@H](CCOC(=O)C2=COCCO2)c2ccccc2)cc1. The molecule has 0 aromatic heterocycles. The first-order chi connectivity index (χ1) is 14.0. The van der Waals surface area contributed by atoms with Gasteiger partial charge in [-0.1, -0.05) is 48.0 Å². The highest BCUT2D eigenvalue weighted by atomic mass is 32.2. The van der Waals surface area contributed by atoms with Crippen LogP contribution in [0.15, 0.2) is 71.5 Å². The summed E-state index contributed by atoms with van der Waals surface area (Å²) in [5, 5.41) is 0. The van der Waals surface area contributed by atoms with Gasteiger partial charge in [0, 0.05) is 6.42 Å². The van der Waals surface area contributed by atoms with Crippen molar-refractivity contribution in [3.05, 3.63) is 77.7 Å². The van der Waals surface area contributed by atoms with Crippen LogP contribution in [0.3, 0.4) is 0 Å². The zero-order valence-corrected chi connectivity index (χ0v) is 16.9. The summed E-state index contributed by atoms with van der Waals surface area (Å²) < 4.78 is 43.8. The molecule has 1 N–H and O–H groups in total. The predicted molar refractivity (Wildman–Crippen MR) is 106 cm³/mol. The number of aryl methyl sites for hydroxylation is 1. The Kier molecular flexibility index (Phi) is 6.90. The summed E-state index contributed by atoms with van der Waals surface area (Å²) >= 11 is 0. The molecule has 3 rings (SSSR count). The molecule has 0 spiro atoms. The molecule has 1 heterocycles. The lowest BCUT2D eigenvalue weighted by atomic mass is 10.1. The molecule has 0 saturated carbocycles. The Hall–Kier alpha value is -2.84. The second-order valence-corrected chi connectivity index (χ2v) is 8.24. The molecule has 0 amide bonds. The standard InChI is InChI=1S/C21H23NO6S/c1-16-7-9-18(10-8-16)29(24,25)22-19(17-5-3-2-4-6-17)11-12-28-21(23)20-15-26-13-14-27-20/h2-10,15,19,22H,11-14H2,1H3/t19-/m1/s1. The van der Waals surface area contributed by atoms with E-state index in [0.29, 0.717) is 6.61 Å². The van der Waals surface area contributed by atoms with Crippen molar-refractivity contribution in [1.29, 1.82) is 0 Å². The van der Waals surface area contributed by atoms with Crippen molar-refractivity contribution in [2.75, 3.05) is 19.8 Å². The van der Waals surface area contributed by atoms with Crippen molar-refractivity contribution >= 4 is 16.0 Å². The van der Waals surface area contributed by atoms with Crippen molar-refractivity contribution in [3.63, 3.8) is 0 Å². The van der Waals surface area contributed by atoms with Crippen LogP contribution >= 0.6 is 0 Å². The first-order valence-corrected chi connectivity index (χ1v) is 10.7. The molecule has 1 aliphatic rings. The number of carbonyl (C=O) groups is 1. The number of sulfonamides is 1. The Morgan fingerprint density at radius 3 is 2.48 bits per heavy atom. The largest absolute Gasteiger partial charge is 0.493 e. The predicted octanol–water partition coefficient (Wildman–Crippen LogP) is 2.84. The number of ether oxygens (including phenoxy) is 3. The van der Waals surface area contributed by atoms with E-state index in [2.05, 4.69) is 4.72 Å². The van der Waals surface area contributed by atoms with Crippen LogP contribution in [0.25, 0.3) is 0 Å². The molecule has 0 aliphatic carbocycles. The van der Waals surface area contributed by atoms with Gasteiger partial charge in [-0.05, 0) is 24.6 Å². The number of nitrogens with one attached hydrogen (secondary N) is 1. The molecule has 0 bridgehead atoms. The summed E-state index contributed by atoms with van der Waals surface area (Å²) in [7, 11) is -3.74. The fourth-order valence-electron chi connectivity index (χ4n) is 2.77. The van der Waals surface area contributed by atoms with E-state index in [-0.39, 0.29) is 30.3 Å². The summed E-state index contributed by atoms with van der Waals surface area (Å²) in [5.74, 6) is -0.634. The molecular formula is C21H23NO6S. The number of hydrogen-bond acceptors (Lipinski definition) is 6. The van der Waals surface area contributed by atoms with Crippen LogP contribution in [0.2, 0.25) is 0 Å².